The van der Waals surface area contributed by atoms with Crippen LogP contribution in [-0.2, 0) is 32.3 Å². The van der Waals surface area contributed by atoms with E-state index < -0.39 is 11.9 Å². The summed E-state index contributed by atoms with van der Waals surface area (Å²) in [6.07, 6.45) is 3.49. The monoisotopic (exact) mass is 560 g/mol. The second kappa shape index (κ2) is 17.1. The van der Waals surface area contributed by atoms with Gasteiger partial charge in [0.05, 0.1) is 26.4 Å². The number of hydrogen-bond acceptors (Lipinski definition) is 8. The van der Waals surface area contributed by atoms with Crippen molar-refractivity contribution in [2.24, 2.45) is 0 Å². The van der Waals surface area contributed by atoms with Gasteiger partial charge in [-0.1, -0.05) is 37.4 Å². The molecule has 0 bridgehead atoms. The van der Waals surface area contributed by atoms with E-state index in [1.165, 1.54) is 0 Å². The summed E-state index contributed by atoms with van der Waals surface area (Å²) in [6.45, 7) is 11.0. The minimum Gasteiger partial charge on any atom is -0.493 e. The Morgan fingerprint density at radius 3 is 1.54 bits per heavy atom. The molecule has 0 saturated carbocycles. The lowest BCUT2D eigenvalue weighted by molar-refractivity contribution is -0.138. The summed E-state index contributed by atoms with van der Waals surface area (Å²) in [5, 5.41) is 0. The van der Waals surface area contributed by atoms with E-state index in [4.69, 9.17) is 28.4 Å². The number of ether oxygens (including phenoxy) is 6. The molecule has 8 heteroatoms. The number of hydrogen-bond donors (Lipinski definition) is 0. The van der Waals surface area contributed by atoms with Crippen molar-refractivity contribution in [3.63, 3.8) is 0 Å². The SMILES string of the molecule is C=CC(=O)OCCCOc1ccc(COc2ccc(OCc3ccc(OCCCOC(=O)C=C)cc3)c(C)c2)cc1. The Kier molecular flexibility index (Phi) is 12.8. The quantitative estimate of drug-likeness (QED) is 0.104. The molecule has 0 spiro atoms. The molecule has 0 heterocycles. The first-order valence-corrected chi connectivity index (χ1v) is 13.3. The van der Waals surface area contributed by atoms with Crippen LogP contribution in [-0.4, -0.2) is 38.4 Å². The highest BCUT2D eigenvalue weighted by atomic mass is 16.5. The standard InChI is InChI=1S/C33H36O8/c1-4-32(34)38-20-6-18-36-28-12-8-26(9-13-28)23-40-30-16-17-31(25(3)22-30)41-24-27-10-14-29(15-11-27)37-19-7-21-39-33(35)5-2/h4-5,8-17,22H,1-2,6-7,18-21,23-24H2,3H3. The van der Waals surface area contributed by atoms with Crippen LogP contribution in [0.25, 0.3) is 0 Å². The number of carbonyl (C=O) groups excluding carboxylic acids is 2. The molecule has 3 aromatic carbocycles. The summed E-state index contributed by atoms with van der Waals surface area (Å²) >= 11 is 0. The summed E-state index contributed by atoms with van der Waals surface area (Å²) in [7, 11) is 0. The molecular formula is C33H36O8. The molecule has 3 rings (SSSR count). The van der Waals surface area contributed by atoms with Gasteiger partial charge in [-0.15, -0.1) is 0 Å². The number of aryl methyl sites for hydroxylation is 1. The van der Waals surface area contributed by atoms with Crippen molar-refractivity contribution in [1.29, 1.82) is 0 Å². The van der Waals surface area contributed by atoms with Gasteiger partial charge in [0.2, 0.25) is 0 Å². The van der Waals surface area contributed by atoms with E-state index in [0.717, 1.165) is 51.8 Å². The Morgan fingerprint density at radius 1 is 0.610 bits per heavy atom. The number of esters is 2. The molecule has 0 aromatic heterocycles. The van der Waals surface area contributed by atoms with Gasteiger partial charge in [0.1, 0.15) is 36.2 Å². The number of carbonyl (C=O) groups is 2. The fourth-order valence-corrected chi connectivity index (χ4v) is 3.53. The third-order valence-electron chi connectivity index (χ3n) is 5.73. The molecule has 0 unspecified atom stereocenters. The van der Waals surface area contributed by atoms with Crippen LogP contribution in [0.3, 0.4) is 0 Å². The molecule has 0 amide bonds. The lowest BCUT2D eigenvalue weighted by atomic mass is 10.2. The summed E-state index contributed by atoms with van der Waals surface area (Å²) < 4.78 is 33.2. The van der Waals surface area contributed by atoms with Crippen molar-refractivity contribution < 1.29 is 38.0 Å². The van der Waals surface area contributed by atoms with Crippen LogP contribution in [0.2, 0.25) is 0 Å². The van der Waals surface area contributed by atoms with Crippen molar-refractivity contribution in [2.45, 2.75) is 33.0 Å². The van der Waals surface area contributed by atoms with Crippen LogP contribution in [0.1, 0.15) is 29.5 Å². The van der Waals surface area contributed by atoms with E-state index >= 15 is 0 Å². The summed E-state index contributed by atoms with van der Waals surface area (Å²) in [4.78, 5) is 22.0. The van der Waals surface area contributed by atoms with E-state index in [2.05, 4.69) is 13.2 Å². The highest BCUT2D eigenvalue weighted by Gasteiger charge is 2.05. The maximum atomic E-state index is 11.0. The fourth-order valence-electron chi connectivity index (χ4n) is 3.53. The molecule has 216 valence electrons. The van der Waals surface area contributed by atoms with Crippen molar-refractivity contribution in [3.8, 4) is 23.0 Å². The van der Waals surface area contributed by atoms with Crippen LogP contribution < -0.4 is 18.9 Å². The highest BCUT2D eigenvalue weighted by Crippen LogP contribution is 2.25. The first-order valence-electron chi connectivity index (χ1n) is 13.3. The van der Waals surface area contributed by atoms with Crippen molar-refractivity contribution >= 4 is 11.9 Å². The highest BCUT2D eigenvalue weighted by molar-refractivity contribution is 5.81. The Morgan fingerprint density at radius 2 is 1.07 bits per heavy atom. The predicted molar refractivity (Wildman–Crippen MR) is 155 cm³/mol. The molecule has 0 saturated heterocycles. The van der Waals surface area contributed by atoms with Gasteiger partial charge in [-0.25, -0.2) is 9.59 Å². The lowest BCUT2D eigenvalue weighted by Gasteiger charge is -2.13. The molecular weight excluding hydrogens is 524 g/mol. The zero-order valence-corrected chi connectivity index (χ0v) is 23.3. The molecule has 8 nitrogen and oxygen atoms in total. The summed E-state index contributed by atoms with van der Waals surface area (Å²) in [5.41, 5.74) is 3.00. The molecule has 0 aliphatic rings. The van der Waals surface area contributed by atoms with E-state index in [-0.39, 0.29) is 0 Å². The van der Waals surface area contributed by atoms with Crippen molar-refractivity contribution in [1.82, 2.24) is 0 Å². The van der Waals surface area contributed by atoms with Gasteiger partial charge < -0.3 is 28.4 Å². The van der Waals surface area contributed by atoms with Crippen LogP contribution >= 0.6 is 0 Å². The van der Waals surface area contributed by atoms with Crippen LogP contribution in [0.15, 0.2) is 92.0 Å². The third kappa shape index (κ3) is 11.5. The average molecular weight is 561 g/mol. The second-order valence-electron chi connectivity index (χ2n) is 8.94. The van der Waals surface area contributed by atoms with E-state index in [0.29, 0.717) is 52.5 Å². The molecule has 0 N–H and O–H groups in total. The first kappa shape index (κ1) is 30.8. The molecule has 0 atom stereocenters. The zero-order valence-electron chi connectivity index (χ0n) is 23.3. The van der Waals surface area contributed by atoms with E-state index in [9.17, 15) is 9.59 Å². The Bertz CT molecular complexity index is 1270. The van der Waals surface area contributed by atoms with Crippen molar-refractivity contribution in [3.05, 3.63) is 109 Å². The normalized spacial score (nSPS) is 10.3. The smallest absolute Gasteiger partial charge is 0.330 e. The summed E-state index contributed by atoms with van der Waals surface area (Å²) in [6, 6.07) is 21.1. The Hall–Kier alpha value is -4.72. The first-order chi connectivity index (χ1) is 20.0. The minimum absolute atomic E-state index is 0.294. The van der Waals surface area contributed by atoms with E-state index in [1.807, 2.05) is 73.7 Å². The fraction of sp³-hybridized carbons (Fsp3) is 0.273. The topological polar surface area (TPSA) is 89.5 Å². The lowest BCUT2D eigenvalue weighted by Crippen LogP contribution is -2.06. The Balaban J connectivity index is 1.36. The van der Waals surface area contributed by atoms with Gasteiger partial charge in [-0.05, 0) is 66.1 Å². The minimum atomic E-state index is -0.430. The molecule has 0 aliphatic carbocycles. The van der Waals surface area contributed by atoms with Crippen LogP contribution in [0, 0.1) is 6.92 Å². The molecule has 0 radical (unpaired) electrons. The van der Waals surface area contributed by atoms with Gasteiger partial charge >= 0.3 is 11.9 Å². The van der Waals surface area contributed by atoms with Gasteiger partial charge in [0, 0.05) is 25.0 Å². The Labute approximate surface area is 241 Å². The summed E-state index contributed by atoms with van der Waals surface area (Å²) in [5.74, 6) is 2.16. The van der Waals surface area contributed by atoms with Gasteiger partial charge in [-0.2, -0.15) is 0 Å². The largest absolute Gasteiger partial charge is 0.493 e. The zero-order chi connectivity index (χ0) is 29.3. The predicted octanol–water partition coefficient (Wildman–Crippen LogP) is 6.15. The van der Waals surface area contributed by atoms with Gasteiger partial charge in [-0.3, -0.25) is 0 Å². The third-order valence-corrected chi connectivity index (χ3v) is 5.73. The van der Waals surface area contributed by atoms with Gasteiger partial charge in [0.15, 0.2) is 0 Å². The maximum absolute atomic E-state index is 11.0. The van der Waals surface area contributed by atoms with E-state index in [1.54, 1.807) is 0 Å². The second-order valence-corrected chi connectivity index (χ2v) is 8.94. The van der Waals surface area contributed by atoms with Crippen LogP contribution in [0.5, 0.6) is 23.0 Å². The maximum Gasteiger partial charge on any atom is 0.330 e. The number of benzene rings is 3. The van der Waals surface area contributed by atoms with Crippen LogP contribution in [0.4, 0.5) is 0 Å². The van der Waals surface area contributed by atoms with Gasteiger partial charge in [0.25, 0.3) is 0 Å². The number of rotatable bonds is 18. The van der Waals surface area contributed by atoms with Crippen molar-refractivity contribution in [2.75, 3.05) is 26.4 Å². The molecule has 0 aliphatic heterocycles. The molecule has 0 fully saturated rings. The average Bonchev–Trinajstić information content (AvgIpc) is 3.00. The molecule has 41 heavy (non-hydrogen) atoms. The molecule has 3 aromatic rings.